The summed E-state index contributed by atoms with van der Waals surface area (Å²) in [6.45, 7) is 2.37. The summed E-state index contributed by atoms with van der Waals surface area (Å²) >= 11 is 1.43. The molecule has 0 heterocycles. The number of guanidine groups is 1. The average Bonchev–Trinajstić information content (AvgIpc) is 2.15. The number of hydrogen-bond acceptors (Lipinski definition) is 4. The predicted molar refractivity (Wildman–Crippen MR) is 62.9 cm³/mol. The summed E-state index contributed by atoms with van der Waals surface area (Å²) in [6.07, 6.45) is 0.0578. The molecule has 0 saturated heterocycles. The number of hydrogen-bond donors (Lipinski definition) is 4. The van der Waals surface area contributed by atoms with E-state index in [1.54, 1.807) is 14.0 Å². The third-order valence-corrected chi connectivity index (χ3v) is 2.25. The van der Waals surface area contributed by atoms with Gasteiger partial charge in [0.2, 0.25) is 5.96 Å². The fraction of sp³-hybridized carbons (Fsp3) is 0.750. The first kappa shape index (κ1) is 14.1. The molecule has 88 valence electrons. The molecule has 1 unspecified atom stereocenters. The van der Waals surface area contributed by atoms with Crippen molar-refractivity contribution in [3.8, 4) is 0 Å². The van der Waals surface area contributed by atoms with Crippen molar-refractivity contribution in [3.63, 3.8) is 0 Å². The van der Waals surface area contributed by atoms with E-state index in [-0.39, 0.29) is 12.5 Å². The van der Waals surface area contributed by atoms with Gasteiger partial charge in [0.15, 0.2) is 0 Å². The Kier molecular flexibility index (Phi) is 7.84. The lowest BCUT2D eigenvalue weighted by atomic mass is 10.2. The van der Waals surface area contributed by atoms with Gasteiger partial charge in [-0.3, -0.25) is 9.79 Å². The molecule has 6 nitrogen and oxygen atoms in total. The first-order valence-electron chi connectivity index (χ1n) is 4.63. The maximum Gasteiger partial charge on any atom is 0.305 e. The van der Waals surface area contributed by atoms with Gasteiger partial charge in [0, 0.05) is 25.4 Å². The van der Waals surface area contributed by atoms with Crippen LogP contribution in [0.3, 0.4) is 0 Å². The number of rotatable bonds is 6. The Labute approximate surface area is 93.8 Å². The smallest absolute Gasteiger partial charge is 0.305 e. The Morgan fingerprint density at radius 1 is 1.67 bits per heavy atom. The number of nitrogens with zero attached hydrogens (tertiary/aromatic N) is 1. The molecule has 0 aromatic rings. The zero-order chi connectivity index (χ0) is 11.7. The lowest BCUT2D eigenvalue weighted by Crippen LogP contribution is -2.40. The predicted octanol–water partition coefficient (Wildman–Crippen LogP) is -0.378. The molecular formula is C8H18N4O2S. The minimum Gasteiger partial charge on any atom is -0.481 e. The van der Waals surface area contributed by atoms with Gasteiger partial charge in [0.05, 0.1) is 6.42 Å². The molecule has 1 atom stereocenters. The van der Waals surface area contributed by atoms with Gasteiger partial charge in [-0.2, -0.15) is 0 Å². The second-order valence-corrected chi connectivity index (χ2v) is 3.86. The second-order valence-electron chi connectivity index (χ2n) is 2.95. The Hall–Kier alpha value is -0.950. The van der Waals surface area contributed by atoms with E-state index >= 15 is 0 Å². The number of carboxylic acid groups (broad SMARTS) is 1. The van der Waals surface area contributed by atoms with Crippen molar-refractivity contribution in [2.24, 2.45) is 10.7 Å². The molecule has 0 fully saturated rings. The molecule has 0 rings (SSSR count). The van der Waals surface area contributed by atoms with Crippen LogP contribution < -0.4 is 15.8 Å². The van der Waals surface area contributed by atoms with E-state index in [0.29, 0.717) is 12.5 Å². The highest BCUT2D eigenvalue weighted by Crippen LogP contribution is 1.93. The van der Waals surface area contributed by atoms with Crippen LogP contribution in [0.25, 0.3) is 0 Å². The van der Waals surface area contributed by atoms with Gasteiger partial charge in [-0.05, 0) is 18.9 Å². The quantitative estimate of drug-likeness (QED) is 0.216. The van der Waals surface area contributed by atoms with E-state index in [1.165, 1.54) is 11.9 Å². The van der Waals surface area contributed by atoms with E-state index in [4.69, 9.17) is 10.8 Å². The van der Waals surface area contributed by atoms with E-state index in [9.17, 15) is 4.79 Å². The number of carboxylic acids is 1. The summed E-state index contributed by atoms with van der Waals surface area (Å²) in [5, 5.41) is 11.5. The monoisotopic (exact) mass is 234 g/mol. The molecule has 0 aromatic carbocycles. The minimum absolute atomic E-state index is 0.0578. The molecule has 0 aliphatic heterocycles. The molecule has 7 heteroatoms. The van der Waals surface area contributed by atoms with Crippen molar-refractivity contribution in [2.75, 3.05) is 19.3 Å². The van der Waals surface area contributed by atoms with Crippen LogP contribution in [-0.4, -0.2) is 42.4 Å². The summed E-state index contributed by atoms with van der Waals surface area (Å²) < 4.78 is 2.96. The lowest BCUT2D eigenvalue weighted by molar-refractivity contribution is -0.137. The van der Waals surface area contributed by atoms with Gasteiger partial charge in [-0.1, -0.05) is 0 Å². The Balaban J connectivity index is 3.83. The summed E-state index contributed by atoms with van der Waals surface area (Å²) in [4.78, 5) is 14.4. The van der Waals surface area contributed by atoms with Gasteiger partial charge >= 0.3 is 5.97 Å². The number of nitrogens with one attached hydrogen (secondary N) is 2. The molecule has 0 aromatic heterocycles. The summed E-state index contributed by atoms with van der Waals surface area (Å²) in [6, 6.07) is -0.160. The van der Waals surface area contributed by atoms with E-state index in [0.717, 1.165) is 5.75 Å². The van der Waals surface area contributed by atoms with Crippen molar-refractivity contribution < 1.29 is 9.90 Å². The maximum absolute atomic E-state index is 10.4. The SMILES string of the molecule is CN=C(NSCCN)NC(C)CC(=O)O. The van der Waals surface area contributed by atoms with Crippen molar-refractivity contribution >= 4 is 23.9 Å². The Bertz CT molecular complexity index is 223. The van der Waals surface area contributed by atoms with Crippen LogP contribution in [0.1, 0.15) is 13.3 Å². The summed E-state index contributed by atoms with van der Waals surface area (Å²) in [5.41, 5.74) is 5.32. The van der Waals surface area contributed by atoms with E-state index < -0.39 is 5.97 Å². The topological polar surface area (TPSA) is 99.7 Å². The molecule has 15 heavy (non-hydrogen) atoms. The molecule has 0 radical (unpaired) electrons. The molecule has 0 amide bonds. The van der Waals surface area contributed by atoms with Gasteiger partial charge < -0.3 is 20.9 Å². The first-order valence-corrected chi connectivity index (χ1v) is 5.61. The average molecular weight is 234 g/mol. The fourth-order valence-corrected chi connectivity index (χ4v) is 1.37. The standard InChI is InChI=1S/C8H18N4O2S/c1-6(5-7(13)14)11-8(10-2)12-15-4-3-9/h6H,3-5,9H2,1-2H3,(H,13,14)(H2,10,11,12). The summed E-state index contributed by atoms with van der Waals surface area (Å²) in [7, 11) is 1.63. The first-order chi connectivity index (χ1) is 7.10. The fourth-order valence-electron chi connectivity index (χ4n) is 0.864. The molecule has 0 bridgehead atoms. The van der Waals surface area contributed by atoms with Crippen molar-refractivity contribution in [3.05, 3.63) is 0 Å². The maximum atomic E-state index is 10.4. The molecule has 0 aliphatic carbocycles. The molecule has 0 aliphatic rings. The van der Waals surface area contributed by atoms with Crippen molar-refractivity contribution in [1.82, 2.24) is 10.0 Å². The number of aliphatic carboxylic acids is 1. The van der Waals surface area contributed by atoms with Crippen LogP contribution in [0.5, 0.6) is 0 Å². The van der Waals surface area contributed by atoms with Crippen LogP contribution in [0.15, 0.2) is 4.99 Å². The number of nitrogens with two attached hydrogens (primary N) is 1. The van der Waals surface area contributed by atoms with Crippen molar-refractivity contribution in [2.45, 2.75) is 19.4 Å². The normalized spacial score (nSPS) is 13.4. The third kappa shape index (κ3) is 8.07. The van der Waals surface area contributed by atoms with E-state index in [2.05, 4.69) is 15.0 Å². The van der Waals surface area contributed by atoms with Crippen LogP contribution in [-0.2, 0) is 4.79 Å². The molecule has 5 N–H and O–H groups in total. The van der Waals surface area contributed by atoms with Crippen LogP contribution in [0.2, 0.25) is 0 Å². The van der Waals surface area contributed by atoms with Crippen molar-refractivity contribution in [1.29, 1.82) is 0 Å². The van der Waals surface area contributed by atoms with Gasteiger partial charge in [-0.25, -0.2) is 0 Å². The van der Waals surface area contributed by atoms with E-state index in [1.807, 2.05) is 0 Å². The number of carbonyl (C=O) groups is 1. The highest BCUT2D eigenvalue weighted by Gasteiger charge is 2.08. The zero-order valence-electron chi connectivity index (χ0n) is 8.99. The van der Waals surface area contributed by atoms with Crippen LogP contribution in [0.4, 0.5) is 0 Å². The highest BCUT2D eigenvalue weighted by atomic mass is 32.2. The van der Waals surface area contributed by atoms with Gasteiger partial charge in [0.1, 0.15) is 0 Å². The largest absolute Gasteiger partial charge is 0.481 e. The Morgan fingerprint density at radius 3 is 2.80 bits per heavy atom. The molecular weight excluding hydrogens is 216 g/mol. The lowest BCUT2D eigenvalue weighted by Gasteiger charge is -2.15. The van der Waals surface area contributed by atoms with Crippen LogP contribution in [0, 0.1) is 0 Å². The van der Waals surface area contributed by atoms with Crippen LogP contribution >= 0.6 is 11.9 Å². The second kappa shape index (κ2) is 8.37. The minimum atomic E-state index is -0.833. The summed E-state index contributed by atoms with van der Waals surface area (Å²) in [5.74, 6) is 0.510. The Morgan fingerprint density at radius 2 is 2.33 bits per heavy atom. The van der Waals surface area contributed by atoms with Gasteiger partial charge in [-0.15, -0.1) is 0 Å². The zero-order valence-corrected chi connectivity index (χ0v) is 9.80. The third-order valence-electron chi connectivity index (χ3n) is 1.48. The highest BCUT2D eigenvalue weighted by molar-refractivity contribution is 7.97. The van der Waals surface area contributed by atoms with Gasteiger partial charge in [0.25, 0.3) is 0 Å². The molecule has 0 saturated carbocycles. The molecule has 0 spiro atoms. The number of aliphatic imine (C=N–C) groups is 1.